The molecule has 0 aliphatic carbocycles. The van der Waals surface area contributed by atoms with Crippen LogP contribution < -0.4 is 11.1 Å². The third kappa shape index (κ3) is 3.96. The van der Waals surface area contributed by atoms with Crippen LogP contribution >= 0.6 is 11.3 Å². The van der Waals surface area contributed by atoms with Crippen molar-refractivity contribution in [1.29, 1.82) is 0 Å². The molecule has 2 aliphatic rings. The Kier molecular flexibility index (Phi) is 5.36. The van der Waals surface area contributed by atoms with E-state index in [1.165, 1.54) is 16.2 Å². The number of carbonyl (C=O) groups excluding carboxylic acids is 2. The van der Waals surface area contributed by atoms with Crippen LogP contribution in [0.3, 0.4) is 0 Å². The van der Waals surface area contributed by atoms with Gasteiger partial charge in [0.1, 0.15) is 12.6 Å². The normalized spacial score (nSPS) is 25.8. The van der Waals surface area contributed by atoms with Crippen LogP contribution in [0.1, 0.15) is 24.7 Å². The Hall–Kier alpha value is -3.47. The molecule has 0 bridgehead atoms. The molecule has 1 unspecified atom stereocenters. The first-order valence-electron chi connectivity index (χ1n) is 9.57. The summed E-state index contributed by atoms with van der Waals surface area (Å²) in [5.74, 6) is -1.46. The number of thiazole rings is 1. The molecule has 2 aromatic heterocycles. The lowest BCUT2D eigenvalue weighted by Gasteiger charge is -2.40. The van der Waals surface area contributed by atoms with Crippen LogP contribution in [0, 0.1) is 5.41 Å². The van der Waals surface area contributed by atoms with Crippen molar-refractivity contribution in [3.05, 3.63) is 46.7 Å². The fourth-order valence-electron chi connectivity index (χ4n) is 4.09. The third-order valence-corrected chi connectivity index (χ3v) is 6.24. The van der Waals surface area contributed by atoms with Crippen LogP contribution in [0.25, 0.3) is 6.08 Å². The lowest BCUT2D eigenvalue weighted by Crippen LogP contribution is -2.58. The van der Waals surface area contributed by atoms with E-state index in [2.05, 4.69) is 15.3 Å². The van der Waals surface area contributed by atoms with Gasteiger partial charge in [-0.2, -0.15) is 0 Å². The minimum Gasteiger partial charge on any atom is -0.480 e. The molecule has 4 rings (SSSR count). The second-order valence-electron chi connectivity index (χ2n) is 7.79. The Morgan fingerprint density at radius 1 is 1.48 bits per heavy atom. The molecule has 0 aromatic carbocycles. The van der Waals surface area contributed by atoms with Crippen molar-refractivity contribution in [1.82, 2.24) is 20.2 Å². The number of nitrogens with two attached hydrogens (primary N) is 1. The number of nitrogens with zero attached hydrogens (tertiary/aromatic N) is 3. The lowest BCUT2D eigenvalue weighted by molar-refractivity contribution is -0.155. The second kappa shape index (κ2) is 7.99. The number of β-lactam (4-membered cyclic amide) rings is 1. The summed E-state index contributed by atoms with van der Waals surface area (Å²) in [6.07, 6.45) is 2.98. The van der Waals surface area contributed by atoms with E-state index < -0.39 is 23.5 Å². The molecule has 0 radical (unpaired) electrons. The zero-order valence-electron chi connectivity index (χ0n) is 16.6. The Bertz CT molecular complexity index is 1060. The number of hydrogen-bond acceptors (Lipinski definition) is 8. The first-order chi connectivity index (χ1) is 14.8. The Morgan fingerprint density at radius 3 is 2.94 bits per heavy atom. The SMILES string of the molecule is C[C@@]1(COC(=O)NCc2csc(N)n2)CC2/C(=C\c3ccccn3)C(=O)N2[C@H]1C(=O)O. The van der Waals surface area contributed by atoms with Gasteiger partial charge in [0.2, 0.25) is 0 Å². The molecular weight excluding hydrogens is 422 g/mol. The summed E-state index contributed by atoms with van der Waals surface area (Å²) < 4.78 is 5.31. The van der Waals surface area contributed by atoms with Gasteiger partial charge >= 0.3 is 12.1 Å². The Balaban J connectivity index is 1.43. The summed E-state index contributed by atoms with van der Waals surface area (Å²) in [5, 5.41) is 14.5. The highest BCUT2D eigenvalue weighted by atomic mass is 32.1. The molecule has 0 saturated carbocycles. The maximum absolute atomic E-state index is 12.7. The predicted molar refractivity (Wildman–Crippen MR) is 112 cm³/mol. The van der Waals surface area contributed by atoms with E-state index in [0.29, 0.717) is 28.5 Å². The van der Waals surface area contributed by atoms with Gasteiger partial charge in [-0.3, -0.25) is 9.78 Å². The van der Waals surface area contributed by atoms with Gasteiger partial charge in [0.15, 0.2) is 5.13 Å². The zero-order chi connectivity index (χ0) is 22.2. The molecule has 2 fully saturated rings. The summed E-state index contributed by atoms with van der Waals surface area (Å²) in [6, 6.07) is 3.92. The number of alkyl carbamates (subject to hydrolysis) is 1. The molecular formula is C20H21N5O5S. The number of carboxylic acids is 1. The number of amides is 2. The summed E-state index contributed by atoms with van der Waals surface area (Å²) in [6.45, 7) is 1.71. The van der Waals surface area contributed by atoms with Gasteiger partial charge in [0.05, 0.1) is 24.0 Å². The molecule has 10 nitrogen and oxygen atoms in total. The molecule has 2 amide bonds. The van der Waals surface area contributed by atoms with E-state index >= 15 is 0 Å². The molecule has 4 N–H and O–H groups in total. The summed E-state index contributed by atoms with van der Waals surface area (Å²) >= 11 is 1.26. The first-order valence-corrected chi connectivity index (χ1v) is 10.4. The van der Waals surface area contributed by atoms with Crippen molar-refractivity contribution < 1.29 is 24.2 Å². The molecule has 11 heteroatoms. The second-order valence-corrected chi connectivity index (χ2v) is 8.68. The minimum atomic E-state index is -1.13. The smallest absolute Gasteiger partial charge is 0.407 e. The molecule has 2 aromatic rings. The number of hydrogen-bond donors (Lipinski definition) is 3. The van der Waals surface area contributed by atoms with Crippen molar-refractivity contribution in [2.24, 2.45) is 5.41 Å². The fourth-order valence-corrected chi connectivity index (χ4v) is 4.66. The van der Waals surface area contributed by atoms with Crippen LogP contribution in [0.2, 0.25) is 0 Å². The number of aromatic nitrogens is 2. The van der Waals surface area contributed by atoms with Crippen molar-refractivity contribution in [3.8, 4) is 0 Å². The molecule has 2 saturated heterocycles. The number of rotatable bonds is 6. The van der Waals surface area contributed by atoms with Crippen molar-refractivity contribution in [2.45, 2.75) is 32.0 Å². The molecule has 3 atom stereocenters. The molecule has 162 valence electrons. The quantitative estimate of drug-likeness (QED) is 0.449. The topological polar surface area (TPSA) is 148 Å². The van der Waals surface area contributed by atoms with E-state index in [0.717, 1.165) is 0 Å². The van der Waals surface area contributed by atoms with Crippen LogP contribution in [0.5, 0.6) is 0 Å². The van der Waals surface area contributed by atoms with E-state index in [1.807, 2.05) is 6.07 Å². The number of aliphatic carboxylic acids is 1. The summed E-state index contributed by atoms with van der Waals surface area (Å²) in [4.78, 5) is 46.4. The average Bonchev–Trinajstić information content (AvgIpc) is 3.29. The maximum atomic E-state index is 12.7. The van der Waals surface area contributed by atoms with E-state index in [4.69, 9.17) is 10.5 Å². The first kappa shape index (κ1) is 20.8. The van der Waals surface area contributed by atoms with Gasteiger partial charge in [-0.05, 0) is 24.6 Å². The van der Waals surface area contributed by atoms with Gasteiger partial charge in [0, 0.05) is 22.6 Å². The molecule has 0 spiro atoms. The van der Waals surface area contributed by atoms with Crippen LogP contribution in [0.4, 0.5) is 9.93 Å². The van der Waals surface area contributed by atoms with E-state index in [9.17, 15) is 19.5 Å². The number of carboxylic acid groups (broad SMARTS) is 1. The van der Waals surface area contributed by atoms with Gasteiger partial charge in [0.25, 0.3) is 5.91 Å². The fraction of sp³-hybridized carbons (Fsp3) is 0.350. The molecule has 4 heterocycles. The number of pyridine rings is 1. The third-order valence-electron chi connectivity index (χ3n) is 5.52. The Labute approximate surface area is 181 Å². The zero-order valence-corrected chi connectivity index (χ0v) is 17.5. The number of ether oxygens (including phenoxy) is 1. The molecule has 2 aliphatic heterocycles. The highest BCUT2D eigenvalue weighted by Gasteiger charge is 2.62. The van der Waals surface area contributed by atoms with Crippen LogP contribution in [-0.4, -0.2) is 56.6 Å². The van der Waals surface area contributed by atoms with Gasteiger partial charge in [-0.1, -0.05) is 13.0 Å². The summed E-state index contributed by atoms with van der Waals surface area (Å²) in [7, 11) is 0. The largest absolute Gasteiger partial charge is 0.480 e. The van der Waals surface area contributed by atoms with E-state index in [1.54, 1.807) is 36.7 Å². The Morgan fingerprint density at radius 2 is 2.29 bits per heavy atom. The highest BCUT2D eigenvalue weighted by Crippen LogP contribution is 2.49. The van der Waals surface area contributed by atoms with E-state index in [-0.39, 0.29) is 25.1 Å². The van der Waals surface area contributed by atoms with Crippen molar-refractivity contribution >= 4 is 40.5 Å². The van der Waals surface area contributed by atoms with Crippen LogP contribution in [0.15, 0.2) is 35.3 Å². The van der Waals surface area contributed by atoms with Gasteiger partial charge in [-0.25, -0.2) is 14.6 Å². The minimum absolute atomic E-state index is 0.147. The van der Waals surface area contributed by atoms with Crippen molar-refractivity contribution in [3.63, 3.8) is 0 Å². The average molecular weight is 443 g/mol. The molecule has 31 heavy (non-hydrogen) atoms. The highest BCUT2D eigenvalue weighted by molar-refractivity contribution is 7.13. The predicted octanol–water partition coefficient (Wildman–Crippen LogP) is 1.50. The number of fused-ring (bicyclic) bond motifs is 1. The van der Waals surface area contributed by atoms with Gasteiger partial charge < -0.3 is 25.8 Å². The van der Waals surface area contributed by atoms with Gasteiger partial charge in [-0.15, -0.1) is 11.3 Å². The lowest BCUT2D eigenvalue weighted by atomic mass is 9.81. The maximum Gasteiger partial charge on any atom is 0.407 e. The summed E-state index contributed by atoms with van der Waals surface area (Å²) in [5.41, 5.74) is 6.37. The van der Waals surface area contributed by atoms with Crippen molar-refractivity contribution in [2.75, 3.05) is 12.3 Å². The number of nitrogens with one attached hydrogen (secondary N) is 1. The number of anilines is 1. The number of nitrogen functional groups attached to an aromatic ring is 1. The number of carbonyl (C=O) groups is 3. The standard InChI is InChI=1S/C20H21N5O5S/c1-20(10-30-19(29)23-8-12-9-31-18(21)24-12)7-14-13(6-11-4-2-3-5-22-11)16(26)25(14)15(20)17(27)28/h2-6,9,14-15H,7-8,10H2,1H3,(H2,21,24)(H,23,29)(H,27,28)/b13-6+/t14?,15-,20-/m0/s1. The monoisotopic (exact) mass is 443 g/mol. The van der Waals surface area contributed by atoms with Crippen LogP contribution in [-0.2, 0) is 20.9 Å².